The van der Waals surface area contributed by atoms with Gasteiger partial charge >= 0.3 is 0 Å². The fourth-order valence-electron chi connectivity index (χ4n) is 1.56. The van der Waals surface area contributed by atoms with E-state index in [0.717, 1.165) is 11.4 Å². The minimum atomic E-state index is -0.228. The summed E-state index contributed by atoms with van der Waals surface area (Å²) in [5.74, 6) is 1.27. The SMILES string of the molecule is CNc1nnc(Cc2cccc(F)c2)n1C. The molecule has 0 aliphatic heterocycles. The van der Waals surface area contributed by atoms with Crippen LogP contribution in [0.15, 0.2) is 24.3 Å². The Morgan fingerprint density at radius 1 is 1.38 bits per heavy atom. The Balaban J connectivity index is 2.24. The van der Waals surface area contributed by atoms with Crippen LogP contribution in [0.5, 0.6) is 0 Å². The number of anilines is 1. The second-order valence-electron chi connectivity index (χ2n) is 3.56. The highest BCUT2D eigenvalue weighted by molar-refractivity contribution is 5.27. The molecule has 1 aromatic heterocycles. The Hall–Kier alpha value is -1.91. The lowest BCUT2D eigenvalue weighted by molar-refractivity contribution is 0.625. The highest BCUT2D eigenvalue weighted by Gasteiger charge is 2.07. The predicted molar refractivity (Wildman–Crippen MR) is 59.8 cm³/mol. The number of aromatic nitrogens is 3. The zero-order valence-corrected chi connectivity index (χ0v) is 9.24. The van der Waals surface area contributed by atoms with Gasteiger partial charge in [-0.3, -0.25) is 0 Å². The molecule has 2 rings (SSSR count). The van der Waals surface area contributed by atoms with Crippen LogP contribution < -0.4 is 5.32 Å². The van der Waals surface area contributed by atoms with Crippen LogP contribution >= 0.6 is 0 Å². The van der Waals surface area contributed by atoms with Gasteiger partial charge in [0.2, 0.25) is 5.95 Å². The van der Waals surface area contributed by atoms with Gasteiger partial charge in [0.05, 0.1) is 0 Å². The first-order chi connectivity index (χ1) is 7.70. The van der Waals surface area contributed by atoms with Crippen molar-refractivity contribution < 1.29 is 4.39 Å². The smallest absolute Gasteiger partial charge is 0.224 e. The van der Waals surface area contributed by atoms with Crippen molar-refractivity contribution in [2.45, 2.75) is 6.42 Å². The molecule has 0 aliphatic rings. The van der Waals surface area contributed by atoms with Gasteiger partial charge in [0.25, 0.3) is 0 Å². The number of halogens is 1. The molecule has 5 heteroatoms. The molecule has 0 unspecified atom stereocenters. The van der Waals surface area contributed by atoms with E-state index in [2.05, 4.69) is 15.5 Å². The summed E-state index contributed by atoms with van der Waals surface area (Å²) in [5.41, 5.74) is 0.887. The number of hydrogen-bond donors (Lipinski definition) is 1. The topological polar surface area (TPSA) is 42.7 Å². The van der Waals surface area contributed by atoms with Crippen LogP contribution in [0.4, 0.5) is 10.3 Å². The van der Waals surface area contributed by atoms with Crippen LogP contribution in [0, 0.1) is 5.82 Å². The van der Waals surface area contributed by atoms with E-state index in [0.29, 0.717) is 12.4 Å². The molecule has 0 bridgehead atoms. The van der Waals surface area contributed by atoms with E-state index in [4.69, 9.17) is 0 Å². The molecule has 0 saturated carbocycles. The van der Waals surface area contributed by atoms with E-state index in [1.165, 1.54) is 12.1 Å². The predicted octanol–water partition coefficient (Wildman–Crippen LogP) is 1.59. The second-order valence-corrected chi connectivity index (χ2v) is 3.56. The minimum Gasteiger partial charge on any atom is -0.357 e. The van der Waals surface area contributed by atoms with Gasteiger partial charge in [-0.15, -0.1) is 10.2 Å². The fourth-order valence-corrected chi connectivity index (χ4v) is 1.56. The summed E-state index contributed by atoms with van der Waals surface area (Å²) in [6.45, 7) is 0. The molecule has 1 aromatic carbocycles. The highest BCUT2D eigenvalue weighted by atomic mass is 19.1. The third-order valence-electron chi connectivity index (χ3n) is 2.44. The number of benzene rings is 1. The molecule has 0 saturated heterocycles. The molecule has 84 valence electrons. The van der Waals surface area contributed by atoms with Crippen molar-refractivity contribution in [3.63, 3.8) is 0 Å². The average molecular weight is 220 g/mol. The van der Waals surface area contributed by atoms with E-state index in [1.807, 2.05) is 17.7 Å². The zero-order valence-electron chi connectivity index (χ0n) is 9.24. The molecular formula is C11H13FN4. The molecule has 4 nitrogen and oxygen atoms in total. The molecule has 0 amide bonds. The van der Waals surface area contributed by atoms with Crippen LogP contribution in [-0.4, -0.2) is 21.8 Å². The summed E-state index contributed by atoms with van der Waals surface area (Å²) in [6.07, 6.45) is 0.572. The molecule has 0 atom stereocenters. The zero-order chi connectivity index (χ0) is 11.5. The van der Waals surface area contributed by atoms with Gasteiger partial charge in [-0.05, 0) is 17.7 Å². The third kappa shape index (κ3) is 2.03. The molecular weight excluding hydrogens is 207 g/mol. The van der Waals surface area contributed by atoms with Crippen molar-refractivity contribution in [3.8, 4) is 0 Å². The summed E-state index contributed by atoms with van der Waals surface area (Å²) in [6, 6.07) is 6.50. The van der Waals surface area contributed by atoms with Gasteiger partial charge in [-0.2, -0.15) is 0 Å². The van der Waals surface area contributed by atoms with Crippen molar-refractivity contribution in [1.82, 2.24) is 14.8 Å². The fraction of sp³-hybridized carbons (Fsp3) is 0.273. The summed E-state index contributed by atoms with van der Waals surface area (Å²) in [4.78, 5) is 0. The Morgan fingerprint density at radius 3 is 2.81 bits per heavy atom. The second kappa shape index (κ2) is 4.30. The van der Waals surface area contributed by atoms with Crippen molar-refractivity contribution >= 4 is 5.95 Å². The van der Waals surface area contributed by atoms with Crippen LogP contribution in [-0.2, 0) is 13.5 Å². The molecule has 2 aromatic rings. The Bertz CT molecular complexity index is 492. The lowest BCUT2D eigenvalue weighted by atomic mass is 10.1. The lowest BCUT2D eigenvalue weighted by Crippen LogP contribution is -2.03. The van der Waals surface area contributed by atoms with Crippen LogP contribution in [0.3, 0.4) is 0 Å². The quantitative estimate of drug-likeness (QED) is 0.854. The average Bonchev–Trinajstić information content (AvgIpc) is 2.60. The van der Waals surface area contributed by atoms with Crippen LogP contribution in [0.2, 0.25) is 0 Å². The number of rotatable bonds is 3. The summed E-state index contributed by atoms with van der Waals surface area (Å²) >= 11 is 0. The van der Waals surface area contributed by atoms with Gasteiger partial charge in [0.1, 0.15) is 11.6 Å². The van der Waals surface area contributed by atoms with Crippen molar-refractivity contribution in [1.29, 1.82) is 0 Å². The summed E-state index contributed by atoms with van der Waals surface area (Å²) in [5, 5.41) is 10.9. The number of nitrogens with zero attached hydrogens (tertiary/aromatic N) is 3. The van der Waals surface area contributed by atoms with Gasteiger partial charge in [0, 0.05) is 20.5 Å². The summed E-state index contributed by atoms with van der Waals surface area (Å²) in [7, 11) is 3.66. The number of hydrogen-bond acceptors (Lipinski definition) is 3. The van der Waals surface area contributed by atoms with Crippen molar-refractivity contribution in [2.24, 2.45) is 7.05 Å². The van der Waals surface area contributed by atoms with E-state index in [1.54, 1.807) is 13.1 Å². The summed E-state index contributed by atoms with van der Waals surface area (Å²) < 4.78 is 14.8. The molecule has 0 spiro atoms. The van der Waals surface area contributed by atoms with E-state index < -0.39 is 0 Å². The first-order valence-electron chi connectivity index (χ1n) is 5.01. The molecule has 1 heterocycles. The van der Waals surface area contributed by atoms with Crippen molar-refractivity contribution in [3.05, 3.63) is 41.5 Å². The van der Waals surface area contributed by atoms with E-state index in [9.17, 15) is 4.39 Å². The minimum absolute atomic E-state index is 0.228. The van der Waals surface area contributed by atoms with Crippen LogP contribution in [0.1, 0.15) is 11.4 Å². The van der Waals surface area contributed by atoms with Crippen LogP contribution in [0.25, 0.3) is 0 Å². The lowest BCUT2D eigenvalue weighted by Gasteiger charge is -2.03. The molecule has 0 radical (unpaired) electrons. The largest absolute Gasteiger partial charge is 0.357 e. The maximum Gasteiger partial charge on any atom is 0.224 e. The maximum absolute atomic E-state index is 13.0. The van der Waals surface area contributed by atoms with E-state index in [-0.39, 0.29) is 5.82 Å². The monoisotopic (exact) mass is 220 g/mol. The Labute approximate surface area is 93.1 Å². The standard InChI is InChI=1S/C11H13FN4/c1-13-11-15-14-10(16(11)2)7-8-4-3-5-9(12)6-8/h3-6H,7H2,1-2H3,(H,13,15). The first-order valence-corrected chi connectivity index (χ1v) is 5.01. The molecule has 1 N–H and O–H groups in total. The van der Waals surface area contributed by atoms with Gasteiger partial charge in [0.15, 0.2) is 0 Å². The van der Waals surface area contributed by atoms with Gasteiger partial charge in [-0.25, -0.2) is 4.39 Å². The van der Waals surface area contributed by atoms with Crippen molar-refractivity contribution in [2.75, 3.05) is 12.4 Å². The molecule has 0 aliphatic carbocycles. The van der Waals surface area contributed by atoms with Gasteiger partial charge in [-0.1, -0.05) is 12.1 Å². The number of nitrogens with one attached hydrogen (secondary N) is 1. The van der Waals surface area contributed by atoms with E-state index >= 15 is 0 Å². The molecule has 0 fully saturated rings. The maximum atomic E-state index is 13.0. The Kier molecular flexibility index (Phi) is 2.85. The molecule has 16 heavy (non-hydrogen) atoms. The third-order valence-corrected chi connectivity index (χ3v) is 2.44. The first kappa shape index (κ1) is 10.6. The highest BCUT2D eigenvalue weighted by Crippen LogP contribution is 2.11. The van der Waals surface area contributed by atoms with Gasteiger partial charge < -0.3 is 9.88 Å². The Morgan fingerprint density at radius 2 is 2.19 bits per heavy atom. The normalized spacial score (nSPS) is 10.4.